The van der Waals surface area contributed by atoms with E-state index < -0.39 is 7.14 Å². The van der Waals surface area contributed by atoms with Crippen molar-refractivity contribution in [1.82, 2.24) is 0 Å². The monoisotopic (exact) mass is 326 g/mol. The summed E-state index contributed by atoms with van der Waals surface area (Å²) in [5.41, 5.74) is 0. The molecule has 1 unspecified atom stereocenters. The molecule has 2 nitrogen and oxygen atoms in total. The van der Waals surface area contributed by atoms with E-state index in [4.69, 9.17) is 0 Å². The van der Waals surface area contributed by atoms with Gasteiger partial charge in [0.2, 0.25) is 0 Å². The highest BCUT2D eigenvalue weighted by Crippen LogP contribution is 2.45. The minimum absolute atomic E-state index is 0.101. The van der Waals surface area contributed by atoms with Gasteiger partial charge in [-0.05, 0) is 19.3 Å². The maximum Gasteiger partial charge on any atom is 0.143 e. The van der Waals surface area contributed by atoms with Gasteiger partial charge in [-0.3, -0.25) is 4.79 Å². The molecule has 120 valence electrons. The van der Waals surface area contributed by atoms with Crippen LogP contribution < -0.4 is 10.6 Å². The molecule has 1 aliphatic carbocycles. The van der Waals surface area contributed by atoms with Gasteiger partial charge in [0, 0.05) is 29.1 Å². The molecule has 0 spiro atoms. The van der Waals surface area contributed by atoms with Crippen molar-refractivity contribution in [3.8, 4) is 0 Å². The Hall–Kier alpha value is -1.66. The van der Waals surface area contributed by atoms with Crippen molar-refractivity contribution in [3.63, 3.8) is 0 Å². The molecular formula is C20H23O2P. The van der Waals surface area contributed by atoms with E-state index in [9.17, 15) is 9.36 Å². The Labute approximate surface area is 138 Å². The van der Waals surface area contributed by atoms with Gasteiger partial charge in [0.05, 0.1) is 0 Å². The fourth-order valence-electron chi connectivity index (χ4n) is 3.44. The lowest BCUT2D eigenvalue weighted by Crippen LogP contribution is -2.24. The van der Waals surface area contributed by atoms with Crippen LogP contribution in [0.4, 0.5) is 0 Å². The van der Waals surface area contributed by atoms with Crippen LogP contribution in [0.25, 0.3) is 0 Å². The molecule has 0 amide bonds. The van der Waals surface area contributed by atoms with Crippen LogP contribution in [0.5, 0.6) is 0 Å². The first-order chi connectivity index (χ1) is 11.2. The van der Waals surface area contributed by atoms with E-state index in [1.165, 1.54) is 0 Å². The van der Waals surface area contributed by atoms with Crippen LogP contribution in [0.3, 0.4) is 0 Å². The van der Waals surface area contributed by atoms with Crippen molar-refractivity contribution in [3.05, 3.63) is 60.7 Å². The second kappa shape index (κ2) is 7.27. The van der Waals surface area contributed by atoms with Gasteiger partial charge < -0.3 is 4.57 Å². The molecule has 1 atom stereocenters. The molecule has 2 aromatic rings. The van der Waals surface area contributed by atoms with Crippen LogP contribution in [0.1, 0.15) is 32.1 Å². The van der Waals surface area contributed by atoms with Crippen LogP contribution >= 0.6 is 7.14 Å². The molecule has 3 heteroatoms. The van der Waals surface area contributed by atoms with Gasteiger partial charge in [-0.25, -0.2) is 0 Å². The number of Topliss-reactive ketones (excluding diaryl/α,β-unsaturated/α-hetero) is 1. The Morgan fingerprint density at radius 3 is 1.96 bits per heavy atom. The summed E-state index contributed by atoms with van der Waals surface area (Å²) in [6.45, 7) is 0. The summed E-state index contributed by atoms with van der Waals surface area (Å²) in [5.74, 6) is 0.466. The van der Waals surface area contributed by atoms with Gasteiger partial charge >= 0.3 is 0 Å². The van der Waals surface area contributed by atoms with E-state index in [2.05, 4.69) is 0 Å². The number of hydrogen-bond donors (Lipinski definition) is 0. The molecule has 1 fully saturated rings. The number of rotatable bonds is 5. The molecule has 1 saturated carbocycles. The first-order valence-electron chi connectivity index (χ1n) is 8.43. The first-order valence-corrected chi connectivity index (χ1v) is 10.3. The van der Waals surface area contributed by atoms with Crippen LogP contribution in [-0.4, -0.2) is 11.9 Å². The Morgan fingerprint density at radius 1 is 0.870 bits per heavy atom. The summed E-state index contributed by atoms with van der Waals surface area (Å²) in [6, 6.07) is 19.5. The Balaban J connectivity index is 1.87. The molecule has 0 aliphatic heterocycles. The molecule has 0 bridgehead atoms. The summed E-state index contributed by atoms with van der Waals surface area (Å²) in [7, 11) is -2.67. The highest BCUT2D eigenvalue weighted by molar-refractivity contribution is 7.78. The summed E-state index contributed by atoms with van der Waals surface area (Å²) in [5, 5.41) is 1.80. The number of carbonyl (C=O) groups excluding carboxylic acids is 1. The molecule has 0 aromatic heterocycles. The number of ketones is 1. The van der Waals surface area contributed by atoms with Gasteiger partial charge in [-0.1, -0.05) is 67.1 Å². The highest BCUT2D eigenvalue weighted by Gasteiger charge is 2.30. The minimum atomic E-state index is -2.67. The molecular weight excluding hydrogens is 303 g/mol. The lowest BCUT2D eigenvalue weighted by Gasteiger charge is -2.24. The van der Waals surface area contributed by atoms with Crippen molar-refractivity contribution < 1.29 is 9.36 Å². The quantitative estimate of drug-likeness (QED) is 0.774. The summed E-state index contributed by atoms with van der Waals surface area (Å²) in [4.78, 5) is 12.1. The van der Waals surface area contributed by atoms with E-state index in [1.54, 1.807) is 0 Å². The first kappa shape index (κ1) is 16.2. The molecule has 0 heterocycles. The van der Waals surface area contributed by atoms with Crippen LogP contribution in [-0.2, 0) is 9.36 Å². The van der Waals surface area contributed by atoms with Gasteiger partial charge in [0.15, 0.2) is 0 Å². The van der Waals surface area contributed by atoms with Gasteiger partial charge in [-0.2, -0.15) is 0 Å². The molecule has 23 heavy (non-hydrogen) atoms. The number of carbonyl (C=O) groups is 1. The molecule has 0 radical (unpaired) electrons. The lowest BCUT2D eigenvalue weighted by atomic mass is 9.86. The second-order valence-corrected chi connectivity index (χ2v) is 9.29. The zero-order chi connectivity index (χ0) is 16.1. The predicted octanol–water partition coefficient (Wildman–Crippen LogP) is 4.15. The van der Waals surface area contributed by atoms with Gasteiger partial charge in [-0.15, -0.1) is 0 Å². The van der Waals surface area contributed by atoms with Crippen LogP contribution in [0.15, 0.2) is 60.7 Å². The summed E-state index contributed by atoms with van der Waals surface area (Å²) in [6.07, 6.45) is 5.12. The fraction of sp³-hybridized carbons (Fsp3) is 0.350. The minimum Gasteiger partial charge on any atom is -0.314 e. The average Bonchev–Trinajstić information content (AvgIpc) is 2.62. The van der Waals surface area contributed by atoms with Crippen LogP contribution in [0, 0.1) is 5.92 Å². The fourth-order valence-corrected chi connectivity index (χ4v) is 6.24. The van der Waals surface area contributed by atoms with Crippen molar-refractivity contribution in [2.45, 2.75) is 32.1 Å². The second-order valence-electron chi connectivity index (χ2n) is 6.33. The predicted molar refractivity (Wildman–Crippen MR) is 96.2 cm³/mol. The third kappa shape index (κ3) is 3.64. The average molecular weight is 326 g/mol. The Morgan fingerprint density at radius 2 is 1.43 bits per heavy atom. The topological polar surface area (TPSA) is 34.1 Å². The Bertz CT molecular complexity index is 651. The largest absolute Gasteiger partial charge is 0.314 e. The van der Waals surface area contributed by atoms with E-state index in [-0.39, 0.29) is 5.92 Å². The summed E-state index contributed by atoms with van der Waals surface area (Å²) < 4.78 is 13.9. The zero-order valence-electron chi connectivity index (χ0n) is 13.4. The molecule has 0 N–H and O–H groups in total. The number of hydrogen-bond acceptors (Lipinski definition) is 2. The van der Waals surface area contributed by atoms with Crippen molar-refractivity contribution >= 4 is 23.5 Å². The van der Waals surface area contributed by atoms with E-state index in [0.29, 0.717) is 18.4 Å². The van der Waals surface area contributed by atoms with Gasteiger partial charge in [0.1, 0.15) is 12.9 Å². The standard InChI is InChI=1S/C20H23O2P/c21-20-14-8-7-9-17(20)15-16-23(22,18-10-3-1-4-11-18)19-12-5-2-6-13-19/h1-6,10-13,17H,7-9,14-16H2. The molecule has 3 rings (SSSR count). The summed E-state index contributed by atoms with van der Waals surface area (Å²) >= 11 is 0. The smallest absolute Gasteiger partial charge is 0.143 e. The van der Waals surface area contributed by atoms with E-state index in [1.807, 2.05) is 60.7 Å². The third-order valence-electron chi connectivity index (χ3n) is 4.82. The number of benzene rings is 2. The van der Waals surface area contributed by atoms with Crippen LogP contribution in [0.2, 0.25) is 0 Å². The normalized spacial score (nSPS) is 18.8. The molecule has 2 aromatic carbocycles. The third-order valence-corrected chi connectivity index (χ3v) is 7.97. The van der Waals surface area contributed by atoms with E-state index >= 15 is 0 Å². The van der Waals surface area contributed by atoms with E-state index in [0.717, 1.165) is 36.3 Å². The van der Waals surface area contributed by atoms with Crippen molar-refractivity contribution in [2.24, 2.45) is 5.92 Å². The maximum absolute atomic E-state index is 13.9. The molecule has 1 aliphatic rings. The molecule has 0 saturated heterocycles. The Kier molecular flexibility index (Phi) is 5.13. The maximum atomic E-state index is 13.9. The van der Waals surface area contributed by atoms with Crippen molar-refractivity contribution in [2.75, 3.05) is 6.16 Å². The van der Waals surface area contributed by atoms with Crippen molar-refractivity contribution in [1.29, 1.82) is 0 Å². The lowest BCUT2D eigenvalue weighted by molar-refractivity contribution is -0.124. The SMILES string of the molecule is O=C1CCCCC1CCP(=O)(c1ccccc1)c1ccccc1. The zero-order valence-corrected chi connectivity index (χ0v) is 14.3. The highest BCUT2D eigenvalue weighted by atomic mass is 31.2. The van der Waals surface area contributed by atoms with Gasteiger partial charge in [0.25, 0.3) is 0 Å².